The fourth-order valence-electron chi connectivity index (χ4n) is 0. The Hall–Kier alpha value is 1.45. The fourth-order valence-corrected chi connectivity index (χ4v) is 0. The van der Waals surface area contributed by atoms with Crippen LogP contribution in [-0.2, 0) is 0 Å². The Labute approximate surface area is 45.0 Å². The van der Waals surface area contributed by atoms with Gasteiger partial charge in [0.25, 0.3) is 0 Å². The van der Waals surface area contributed by atoms with Crippen molar-refractivity contribution in [2.75, 3.05) is 0 Å². The summed E-state index contributed by atoms with van der Waals surface area (Å²) in [6.07, 6.45) is 0. The van der Waals surface area contributed by atoms with E-state index in [4.69, 9.17) is 17.2 Å². The van der Waals surface area contributed by atoms with Gasteiger partial charge >= 0.3 is 37.7 Å². The van der Waals surface area contributed by atoms with Gasteiger partial charge in [-0.15, -0.1) is 0 Å². The molecule has 0 atom stereocenters. The van der Waals surface area contributed by atoms with E-state index in [1.165, 1.54) is 0 Å². The van der Waals surface area contributed by atoms with Gasteiger partial charge in [0, 0.05) is 0 Å². The molecule has 0 nitrogen and oxygen atoms in total. The van der Waals surface area contributed by atoms with Crippen LogP contribution in [0.1, 0.15) is 0 Å². The zero-order valence-corrected chi connectivity index (χ0v) is 8.01. The van der Waals surface area contributed by atoms with Crippen LogP contribution in [0.3, 0.4) is 0 Å². The van der Waals surface area contributed by atoms with Crippen LogP contribution in [0.5, 0.6) is 0 Å². The van der Waals surface area contributed by atoms with Gasteiger partial charge in [0.1, 0.15) is 0 Å². The van der Waals surface area contributed by atoms with Gasteiger partial charge in [-0.3, -0.25) is 0 Å². The third-order valence-electron chi connectivity index (χ3n) is 0. The van der Waals surface area contributed by atoms with Gasteiger partial charge < -0.3 is 0 Å². The van der Waals surface area contributed by atoms with Crippen molar-refractivity contribution in [2.45, 2.75) is 0 Å². The average Bonchev–Trinajstić information content (AvgIpc) is 0.918. The second kappa shape index (κ2) is 8.82. The van der Waals surface area contributed by atoms with E-state index < -0.39 is 20.5 Å². The van der Waals surface area contributed by atoms with E-state index in [0.717, 1.165) is 0 Å². The molecule has 0 bridgehead atoms. The molecule has 0 amide bonds. The Balaban J connectivity index is 0. The minimum absolute atomic E-state index is 0. The first-order chi connectivity index (χ1) is 1.41. The summed E-state index contributed by atoms with van der Waals surface area (Å²) >= 11 is -1.07. The minimum atomic E-state index is -1.07. The van der Waals surface area contributed by atoms with E-state index in [1.54, 1.807) is 0 Å². The standard InChI is InChI=1S/CH3.2ClH.In.H/h1H3;2*1H;;/q;;;+2;/p-2. The first-order valence-electron chi connectivity index (χ1n) is 0.535. The van der Waals surface area contributed by atoms with E-state index in [2.05, 4.69) is 0 Å². The van der Waals surface area contributed by atoms with Crippen LogP contribution in [0.15, 0.2) is 0 Å². The zero-order chi connectivity index (χ0) is 2.71. The molecule has 3 heteroatoms. The van der Waals surface area contributed by atoms with Crippen molar-refractivity contribution < 1.29 is 0 Å². The van der Waals surface area contributed by atoms with Gasteiger partial charge in [-0.2, -0.15) is 0 Å². The molecule has 0 saturated heterocycles. The van der Waals surface area contributed by atoms with Crippen molar-refractivity contribution in [2.24, 2.45) is 0 Å². The molecule has 0 unspecified atom stereocenters. The SMILES string of the molecule is [CH3].[Cl][InH][Cl]. The van der Waals surface area contributed by atoms with E-state index in [1.807, 2.05) is 0 Å². The summed E-state index contributed by atoms with van der Waals surface area (Å²) in [5.74, 6) is 0. The van der Waals surface area contributed by atoms with Crippen molar-refractivity contribution in [1.29, 1.82) is 0 Å². The van der Waals surface area contributed by atoms with Crippen LogP contribution < -0.4 is 0 Å². The van der Waals surface area contributed by atoms with Gasteiger partial charge in [0.2, 0.25) is 0 Å². The quantitative estimate of drug-likeness (QED) is 0.553. The van der Waals surface area contributed by atoms with Gasteiger partial charge in [0.15, 0.2) is 0 Å². The summed E-state index contributed by atoms with van der Waals surface area (Å²) in [6, 6.07) is 0. The summed E-state index contributed by atoms with van der Waals surface area (Å²) in [6.45, 7) is 0. The molecule has 0 aromatic carbocycles. The number of halogens is 2. The van der Waals surface area contributed by atoms with Crippen molar-refractivity contribution in [3.8, 4) is 0 Å². The molecule has 0 aromatic rings. The molecule has 0 N–H and O–H groups in total. The van der Waals surface area contributed by atoms with Crippen LogP contribution in [-0.4, -0.2) is 20.5 Å². The molecule has 1 radical (unpaired) electrons. The molecule has 0 saturated carbocycles. The second-order valence-electron chi connectivity index (χ2n) is 0.101. The molecule has 4 heavy (non-hydrogen) atoms. The molecular weight excluding hydrogens is 198 g/mol. The molecule has 0 fully saturated rings. The van der Waals surface area contributed by atoms with E-state index in [9.17, 15) is 0 Å². The van der Waals surface area contributed by atoms with Crippen molar-refractivity contribution >= 4 is 37.7 Å². The molecule has 0 spiro atoms. The Morgan fingerprint density at radius 2 is 1.25 bits per heavy atom. The number of hydrogen-bond acceptors (Lipinski definition) is 0. The van der Waals surface area contributed by atoms with Crippen LogP contribution in [0, 0.1) is 7.43 Å². The molecule has 0 aromatic heterocycles. The Kier molecular flexibility index (Phi) is 20.0. The molecular formula is CH4Cl2In. The molecule has 0 rings (SSSR count). The molecule has 0 heterocycles. The topological polar surface area (TPSA) is 0 Å². The molecule has 25 valence electrons. The van der Waals surface area contributed by atoms with Crippen LogP contribution in [0.4, 0.5) is 0 Å². The summed E-state index contributed by atoms with van der Waals surface area (Å²) in [4.78, 5) is 0. The van der Waals surface area contributed by atoms with Gasteiger partial charge in [-0.25, -0.2) is 0 Å². The van der Waals surface area contributed by atoms with E-state index in [-0.39, 0.29) is 7.43 Å². The predicted octanol–water partition coefficient (Wildman–Crippen LogP) is 1.18. The van der Waals surface area contributed by atoms with Crippen molar-refractivity contribution in [1.82, 2.24) is 0 Å². The zero-order valence-electron chi connectivity index (χ0n) is 2.46. The van der Waals surface area contributed by atoms with Gasteiger partial charge in [0.05, 0.1) is 0 Å². The maximum atomic E-state index is 4.97. The summed E-state index contributed by atoms with van der Waals surface area (Å²) in [5.41, 5.74) is 0. The number of hydrogen-bond donors (Lipinski definition) is 0. The second-order valence-corrected chi connectivity index (χ2v) is 6.10. The third kappa shape index (κ3) is 9.85. The first-order valence-corrected chi connectivity index (χ1v) is 10.8. The molecule has 0 aliphatic heterocycles. The summed E-state index contributed by atoms with van der Waals surface area (Å²) in [7, 11) is 9.95. The van der Waals surface area contributed by atoms with Crippen LogP contribution >= 0.6 is 17.2 Å². The Bertz CT molecular complexity index is 6.00. The maximum absolute atomic E-state index is 4.97. The Morgan fingerprint density at radius 3 is 1.25 bits per heavy atom. The molecule has 0 aliphatic carbocycles. The van der Waals surface area contributed by atoms with Crippen LogP contribution in [0.2, 0.25) is 0 Å². The Morgan fingerprint density at radius 1 is 1.25 bits per heavy atom. The van der Waals surface area contributed by atoms with E-state index in [0.29, 0.717) is 0 Å². The monoisotopic (exact) mass is 201 g/mol. The predicted molar refractivity (Wildman–Crippen MR) is 25.3 cm³/mol. The van der Waals surface area contributed by atoms with Crippen molar-refractivity contribution in [3.05, 3.63) is 7.43 Å². The summed E-state index contributed by atoms with van der Waals surface area (Å²) in [5, 5.41) is 0. The third-order valence-corrected chi connectivity index (χ3v) is 0. The molecule has 0 aliphatic rings. The number of rotatable bonds is 0. The van der Waals surface area contributed by atoms with Gasteiger partial charge in [-0.05, 0) is 0 Å². The summed E-state index contributed by atoms with van der Waals surface area (Å²) < 4.78 is 0. The van der Waals surface area contributed by atoms with Crippen molar-refractivity contribution in [3.63, 3.8) is 0 Å². The first kappa shape index (κ1) is 9.07. The van der Waals surface area contributed by atoms with Gasteiger partial charge in [-0.1, -0.05) is 7.43 Å². The fraction of sp³-hybridized carbons (Fsp3) is 0. The van der Waals surface area contributed by atoms with Crippen LogP contribution in [0.25, 0.3) is 0 Å². The average molecular weight is 202 g/mol. The normalized spacial score (nSPS) is 3.50. The van der Waals surface area contributed by atoms with E-state index >= 15 is 0 Å².